The third-order valence-corrected chi connectivity index (χ3v) is 5.44. The number of anilines is 1. The van der Waals surface area contributed by atoms with Gasteiger partial charge in [-0.15, -0.1) is 0 Å². The Bertz CT molecular complexity index is 958. The maximum atomic E-state index is 12.7. The smallest absolute Gasteiger partial charge is 0.244 e. The maximum absolute atomic E-state index is 12.7. The Balaban J connectivity index is 2.02. The summed E-state index contributed by atoms with van der Waals surface area (Å²) in [5.74, 6) is 5.16. The number of carbonyl (C=O) groups excluding carboxylic acids is 1. The van der Waals surface area contributed by atoms with Gasteiger partial charge >= 0.3 is 0 Å². The van der Waals surface area contributed by atoms with Crippen LogP contribution in [0.25, 0.3) is 11.0 Å². The zero-order valence-electron chi connectivity index (χ0n) is 16.6. The molecule has 30 heavy (non-hydrogen) atoms. The first-order valence-corrected chi connectivity index (χ1v) is 9.52. The molecule has 0 bridgehead atoms. The molecule has 6 atom stereocenters. The van der Waals surface area contributed by atoms with Crippen LogP contribution in [0.2, 0.25) is 0 Å². The predicted octanol–water partition coefficient (Wildman–Crippen LogP) is -1.27. The van der Waals surface area contributed by atoms with Crippen LogP contribution in [0.4, 0.5) is 5.82 Å². The summed E-state index contributed by atoms with van der Waals surface area (Å²) in [5, 5.41) is 42.2. The summed E-state index contributed by atoms with van der Waals surface area (Å²) >= 11 is 0. The molecule has 6 unspecified atom stereocenters. The van der Waals surface area contributed by atoms with E-state index in [1.807, 2.05) is 19.9 Å². The van der Waals surface area contributed by atoms with Gasteiger partial charge in [0.15, 0.2) is 6.23 Å². The van der Waals surface area contributed by atoms with Crippen molar-refractivity contribution in [1.29, 1.82) is 5.26 Å². The van der Waals surface area contributed by atoms with E-state index in [0.717, 1.165) is 0 Å². The average molecular weight is 419 g/mol. The van der Waals surface area contributed by atoms with Crippen LogP contribution < -0.4 is 16.6 Å². The number of aliphatic hydroxyl groups is 3. The van der Waals surface area contributed by atoms with Gasteiger partial charge in [-0.2, -0.15) is 5.26 Å². The first-order chi connectivity index (χ1) is 14.4. The van der Waals surface area contributed by atoms with Crippen LogP contribution in [0.1, 0.15) is 32.1 Å². The van der Waals surface area contributed by atoms with Gasteiger partial charge in [0.05, 0.1) is 17.6 Å². The highest BCUT2D eigenvalue weighted by molar-refractivity contribution is 6.03. The highest BCUT2D eigenvalue weighted by Crippen LogP contribution is 2.34. The third kappa shape index (κ3) is 3.74. The molecule has 2 aromatic rings. The van der Waals surface area contributed by atoms with Crippen molar-refractivity contribution in [2.24, 2.45) is 11.8 Å². The number of rotatable bonds is 7. The van der Waals surface area contributed by atoms with Crippen molar-refractivity contribution < 1.29 is 24.9 Å². The number of fused-ring (bicyclic) bond motifs is 1. The molecule has 1 aliphatic heterocycles. The second-order valence-corrected chi connectivity index (χ2v) is 7.23. The van der Waals surface area contributed by atoms with E-state index in [0.29, 0.717) is 6.42 Å². The molecular formula is C18H25N7O5. The number of nitrogens with two attached hydrogens (primary N) is 1. The number of hydrogen-bond donors (Lipinski definition) is 6. The van der Waals surface area contributed by atoms with Crippen molar-refractivity contribution in [3.05, 3.63) is 18.1 Å². The number of nitriles is 1. The van der Waals surface area contributed by atoms with Gasteiger partial charge < -0.3 is 29.9 Å². The Morgan fingerprint density at radius 2 is 2.17 bits per heavy atom. The highest BCUT2D eigenvalue weighted by atomic mass is 16.6. The van der Waals surface area contributed by atoms with E-state index in [4.69, 9.17) is 10.6 Å². The van der Waals surface area contributed by atoms with Crippen molar-refractivity contribution in [2.45, 2.75) is 50.8 Å². The average Bonchev–Trinajstić information content (AvgIpc) is 3.26. The number of aliphatic hydroxyl groups excluding tert-OH is 3. The maximum Gasteiger partial charge on any atom is 0.244 e. The Hall–Kier alpha value is -2.66. The number of hydrazine groups is 1. The van der Waals surface area contributed by atoms with Crippen LogP contribution in [0.3, 0.4) is 0 Å². The molecule has 0 aromatic carbocycles. The van der Waals surface area contributed by atoms with Crippen LogP contribution in [-0.4, -0.2) is 66.7 Å². The van der Waals surface area contributed by atoms with Crippen molar-refractivity contribution >= 4 is 22.8 Å². The molecule has 3 heterocycles. The standard InChI is InChI=1S/C18H25N7O5/c1-3-8(2)12(24-20)17(29)23-15-11-9(4-19)5-25(16(11)22-7-21-15)18-14(28)13(27)10(6-26)30-18/h5,7-8,10,12-14,18,24,26-28H,3,6,20H2,1-2H3,(H,21,22,23,29). The van der Waals surface area contributed by atoms with E-state index in [1.54, 1.807) is 0 Å². The minimum absolute atomic E-state index is 0.0497. The van der Waals surface area contributed by atoms with Crippen molar-refractivity contribution in [3.63, 3.8) is 0 Å². The van der Waals surface area contributed by atoms with Crippen molar-refractivity contribution in [3.8, 4) is 6.07 Å². The molecule has 0 saturated carbocycles. The van der Waals surface area contributed by atoms with Gasteiger partial charge in [-0.25, -0.2) is 15.4 Å². The van der Waals surface area contributed by atoms with Gasteiger partial charge in [0.1, 0.15) is 48.2 Å². The van der Waals surface area contributed by atoms with Crippen molar-refractivity contribution in [2.75, 3.05) is 11.9 Å². The lowest BCUT2D eigenvalue weighted by Crippen LogP contribution is -2.48. The van der Waals surface area contributed by atoms with Crippen LogP contribution >= 0.6 is 0 Å². The summed E-state index contributed by atoms with van der Waals surface area (Å²) in [5.41, 5.74) is 2.84. The Morgan fingerprint density at radius 3 is 2.73 bits per heavy atom. The minimum Gasteiger partial charge on any atom is -0.394 e. The van der Waals surface area contributed by atoms with Gasteiger partial charge in [0.25, 0.3) is 0 Å². The Labute approximate surface area is 172 Å². The molecule has 12 nitrogen and oxygen atoms in total. The summed E-state index contributed by atoms with van der Waals surface area (Å²) < 4.78 is 6.92. The number of ether oxygens (including phenoxy) is 1. The lowest BCUT2D eigenvalue weighted by molar-refractivity contribution is -0.119. The first-order valence-electron chi connectivity index (χ1n) is 9.52. The van der Waals surface area contributed by atoms with Crippen LogP contribution in [0, 0.1) is 17.2 Å². The zero-order valence-corrected chi connectivity index (χ0v) is 16.6. The molecule has 2 aromatic heterocycles. The molecule has 1 saturated heterocycles. The summed E-state index contributed by atoms with van der Waals surface area (Å²) in [6, 6.07) is 1.34. The molecule has 7 N–H and O–H groups in total. The molecule has 1 aliphatic rings. The summed E-state index contributed by atoms with van der Waals surface area (Å²) in [4.78, 5) is 21.0. The molecule has 1 fully saturated rings. The van der Waals surface area contributed by atoms with Crippen LogP contribution in [-0.2, 0) is 9.53 Å². The Kier molecular flexibility index (Phi) is 6.61. The molecule has 0 aliphatic carbocycles. The van der Waals surface area contributed by atoms with Gasteiger partial charge in [-0.3, -0.25) is 10.6 Å². The summed E-state index contributed by atoms with van der Waals surface area (Å²) in [6.45, 7) is 3.32. The number of nitrogens with one attached hydrogen (secondary N) is 2. The number of carbonyl (C=O) groups is 1. The Morgan fingerprint density at radius 1 is 1.43 bits per heavy atom. The zero-order chi connectivity index (χ0) is 22.0. The van der Waals surface area contributed by atoms with E-state index in [1.165, 1.54) is 17.1 Å². The fourth-order valence-corrected chi connectivity index (χ4v) is 3.50. The molecule has 1 amide bonds. The number of aromatic nitrogens is 3. The quantitative estimate of drug-likeness (QED) is 0.233. The molecule has 3 rings (SSSR count). The molecule has 0 radical (unpaired) electrons. The summed E-state index contributed by atoms with van der Waals surface area (Å²) in [6.07, 6.45) is -1.43. The van der Waals surface area contributed by atoms with Crippen LogP contribution in [0.5, 0.6) is 0 Å². The minimum atomic E-state index is -1.35. The van der Waals surface area contributed by atoms with Crippen molar-refractivity contribution in [1.82, 2.24) is 20.0 Å². The fraction of sp³-hybridized carbons (Fsp3) is 0.556. The van der Waals surface area contributed by atoms with E-state index in [9.17, 15) is 25.4 Å². The fourth-order valence-electron chi connectivity index (χ4n) is 3.50. The topological polar surface area (TPSA) is 192 Å². The van der Waals surface area contributed by atoms with Gasteiger partial charge in [-0.05, 0) is 5.92 Å². The second-order valence-electron chi connectivity index (χ2n) is 7.23. The summed E-state index contributed by atoms with van der Waals surface area (Å²) in [7, 11) is 0. The third-order valence-electron chi connectivity index (χ3n) is 5.44. The second kappa shape index (κ2) is 9.00. The predicted molar refractivity (Wildman–Crippen MR) is 104 cm³/mol. The van der Waals surface area contributed by atoms with E-state index < -0.39 is 43.1 Å². The van der Waals surface area contributed by atoms with Crippen LogP contribution in [0.15, 0.2) is 12.5 Å². The molecule has 12 heteroatoms. The van der Waals surface area contributed by atoms with E-state index >= 15 is 0 Å². The SMILES string of the molecule is CCC(C)C(NN)C(=O)Nc1ncnc2c1c(C#N)cn2C1OC(CO)C(O)C1O. The lowest BCUT2D eigenvalue weighted by atomic mass is 9.99. The lowest BCUT2D eigenvalue weighted by Gasteiger charge is -2.21. The normalized spacial score (nSPS) is 25.8. The molecule has 162 valence electrons. The van der Waals surface area contributed by atoms with Gasteiger partial charge in [-0.1, -0.05) is 20.3 Å². The van der Waals surface area contributed by atoms with E-state index in [2.05, 4.69) is 20.7 Å². The highest BCUT2D eigenvalue weighted by Gasteiger charge is 2.44. The first kappa shape index (κ1) is 22.0. The molecular weight excluding hydrogens is 394 g/mol. The van der Waals surface area contributed by atoms with E-state index in [-0.39, 0.29) is 28.3 Å². The molecule has 0 spiro atoms. The largest absolute Gasteiger partial charge is 0.394 e. The number of amides is 1. The number of nitrogens with zero attached hydrogens (tertiary/aromatic N) is 4. The van der Waals surface area contributed by atoms with Gasteiger partial charge in [0, 0.05) is 6.20 Å². The number of hydrogen-bond acceptors (Lipinski definition) is 10. The monoisotopic (exact) mass is 419 g/mol. The van der Waals surface area contributed by atoms with Gasteiger partial charge in [0.2, 0.25) is 5.91 Å².